The summed E-state index contributed by atoms with van der Waals surface area (Å²) >= 11 is 0. The second-order valence-corrected chi connectivity index (χ2v) is 5.86. The van der Waals surface area contributed by atoms with Crippen molar-refractivity contribution in [2.24, 2.45) is 0 Å². The van der Waals surface area contributed by atoms with E-state index in [1.165, 1.54) is 19.1 Å². The quantitative estimate of drug-likeness (QED) is 0.858. The first-order chi connectivity index (χ1) is 10.7. The number of halogens is 3. The maximum atomic E-state index is 12.8. The predicted molar refractivity (Wildman–Crippen MR) is 80.7 cm³/mol. The Kier molecular flexibility index (Phi) is 5.11. The number of nitrogens with one attached hydrogen (secondary N) is 1. The summed E-state index contributed by atoms with van der Waals surface area (Å²) in [5.41, 5.74) is -1.94. The van der Waals surface area contributed by atoms with E-state index in [-0.39, 0.29) is 18.2 Å². The maximum Gasteiger partial charge on any atom is 0.416 e. The first-order valence-electron chi connectivity index (χ1n) is 7.29. The molecule has 1 aromatic heterocycles. The monoisotopic (exact) mass is 327 g/mol. The van der Waals surface area contributed by atoms with Gasteiger partial charge in [0.2, 0.25) is 0 Å². The van der Waals surface area contributed by atoms with Crippen LogP contribution in [0.3, 0.4) is 0 Å². The van der Waals surface area contributed by atoms with Crippen LogP contribution in [0.5, 0.6) is 0 Å². The van der Waals surface area contributed by atoms with Crippen LogP contribution in [-0.2, 0) is 18.3 Å². The molecule has 0 radical (unpaired) electrons. The fourth-order valence-electron chi connectivity index (χ4n) is 2.26. The molecule has 0 aliphatic rings. The van der Waals surface area contributed by atoms with Gasteiger partial charge in [0.15, 0.2) is 0 Å². The van der Waals surface area contributed by atoms with Crippen LogP contribution >= 0.6 is 0 Å². The molecule has 0 amide bonds. The van der Waals surface area contributed by atoms with E-state index in [0.717, 1.165) is 12.1 Å². The zero-order valence-corrected chi connectivity index (χ0v) is 13.0. The predicted octanol–water partition coefficient (Wildman–Crippen LogP) is 2.79. The SMILES string of the molecule is C[C@H](Cn1cccn1)NC[C@](C)(O)c1cccc(C(F)(F)F)c1. The molecule has 0 unspecified atom stereocenters. The fraction of sp³-hybridized carbons (Fsp3) is 0.438. The van der Waals surface area contributed by atoms with E-state index >= 15 is 0 Å². The zero-order chi connectivity index (χ0) is 17.1. The average molecular weight is 327 g/mol. The number of aromatic nitrogens is 2. The van der Waals surface area contributed by atoms with Crippen LogP contribution in [0.1, 0.15) is 25.0 Å². The lowest BCUT2D eigenvalue weighted by Gasteiger charge is -2.27. The highest BCUT2D eigenvalue weighted by molar-refractivity contribution is 5.29. The van der Waals surface area contributed by atoms with Crippen molar-refractivity contribution in [3.63, 3.8) is 0 Å². The molecular formula is C16H20F3N3O. The van der Waals surface area contributed by atoms with Crippen molar-refractivity contribution in [2.75, 3.05) is 6.54 Å². The van der Waals surface area contributed by atoms with Crippen molar-refractivity contribution in [3.05, 3.63) is 53.9 Å². The number of hydrogen-bond acceptors (Lipinski definition) is 3. The lowest BCUT2D eigenvalue weighted by atomic mass is 9.94. The molecule has 0 saturated heterocycles. The Labute approximate surface area is 132 Å². The molecule has 0 aliphatic heterocycles. The minimum Gasteiger partial charge on any atom is -0.384 e. The van der Waals surface area contributed by atoms with Gasteiger partial charge in [0.25, 0.3) is 0 Å². The Balaban J connectivity index is 2.01. The first kappa shape index (κ1) is 17.5. The van der Waals surface area contributed by atoms with E-state index in [1.807, 2.05) is 19.2 Å². The number of benzene rings is 1. The highest BCUT2D eigenvalue weighted by Gasteiger charge is 2.32. The van der Waals surface area contributed by atoms with Gasteiger partial charge in [-0.3, -0.25) is 4.68 Å². The number of aliphatic hydroxyl groups is 1. The van der Waals surface area contributed by atoms with Crippen LogP contribution in [0.4, 0.5) is 13.2 Å². The number of nitrogens with zero attached hydrogens (tertiary/aromatic N) is 2. The summed E-state index contributed by atoms with van der Waals surface area (Å²) in [6, 6.07) is 6.60. The molecule has 0 fully saturated rings. The average Bonchev–Trinajstić information content (AvgIpc) is 2.97. The van der Waals surface area contributed by atoms with E-state index in [2.05, 4.69) is 10.4 Å². The largest absolute Gasteiger partial charge is 0.416 e. The van der Waals surface area contributed by atoms with Gasteiger partial charge in [-0.1, -0.05) is 12.1 Å². The molecule has 1 heterocycles. The second kappa shape index (κ2) is 6.72. The Morgan fingerprint density at radius 1 is 1.26 bits per heavy atom. The number of hydrogen-bond donors (Lipinski definition) is 2. The highest BCUT2D eigenvalue weighted by atomic mass is 19.4. The van der Waals surface area contributed by atoms with Gasteiger partial charge in [0, 0.05) is 25.0 Å². The minimum absolute atomic E-state index is 0.00664. The smallest absolute Gasteiger partial charge is 0.384 e. The minimum atomic E-state index is -4.42. The lowest BCUT2D eigenvalue weighted by Crippen LogP contribution is -2.41. The molecule has 7 heteroatoms. The van der Waals surface area contributed by atoms with Crippen molar-refractivity contribution >= 4 is 0 Å². The van der Waals surface area contributed by atoms with Crippen molar-refractivity contribution in [1.82, 2.24) is 15.1 Å². The molecule has 0 saturated carbocycles. The van der Waals surface area contributed by atoms with E-state index in [0.29, 0.717) is 6.54 Å². The summed E-state index contributed by atoms with van der Waals surface area (Å²) in [6.45, 7) is 4.16. The lowest BCUT2D eigenvalue weighted by molar-refractivity contribution is -0.137. The topological polar surface area (TPSA) is 50.1 Å². The Morgan fingerprint density at radius 3 is 2.57 bits per heavy atom. The van der Waals surface area contributed by atoms with Crippen molar-refractivity contribution < 1.29 is 18.3 Å². The molecular weight excluding hydrogens is 307 g/mol. The third kappa shape index (κ3) is 4.80. The normalized spacial score (nSPS) is 16.1. The van der Waals surface area contributed by atoms with Gasteiger partial charge in [0.05, 0.1) is 17.7 Å². The molecule has 0 spiro atoms. The summed E-state index contributed by atoms with van der Waals surface area (Å²) < 4.78 is 40.1. The second-order valence-electron chi connectivity index (χ2n) is 5.86. The van der Waals surface area contributed by atoms with Gasteiger partial charge < -0.3 is 10.4 Å². The van der Waals surface area contributed by atoms with E-state index < -0.39 is 17.3 Å². The van der Waals surface area contributed by atoms with Gasteiger partial charge in [-0.15, -0.1) is 0 Å². The van der Waals surface area contributed by atoms with Crippen molar-refractivity contribution in [1.29, 1.82) is 0 Å². The van der Waals surface area contributed by atoms with Gasteiger partial charge >= 0.3 is 6.18 Å². The molecule has 126 valence electrons. The molecule has 23 heavy (non-hydrogen) atoms. The standard InChI is InChI=1S/C16H20F3N3O/c1-12(10-22-8-4-7-21-22)20-11-15(2,23)13-5-3-6-14(9-13)16(17,18)19/h3-9,12,20,23H,10-11H2,1-2H3/t12-,15+/m1/s1. The molecule has 2 atom stereocenters. The summed E-state index contributed by atoms with van der Waals surface area (Å²) in [4.78, 5) is 0. The third-order valence-electron chi connectivity index (χ3n) is 3.63. The van der Waals surface area contributed by atoms with E-state index in [4.69, 9.17) is 0 Å². The summed E-state index contributed by atoms with van der Waals surface area (Å²) in [6.07, 6.45) is -0.929. The fourth-order valence-corrected chi connectivity index (χ4v) is 2.26. The van der Waals surface area contributed by atoms with Crippen molar-refractivity contribution in [2.45, 2.75) is 38.2 Å². The van der Waals surface area contributed by atoms with E-state index in [9.17, 15) is 18.3 Å². The molecule has 0 aliphatic carbocycles. The van der Waals surface area contributed by atoms with Crippen LogP contribution in [0.15, 0.2) is 42.7 Å². The Morgan fingerprint density at radius 2 is 1.96 bits per heavy atom. The molecule has 0 bridgehead atoms. The van der Waals surface area contributed by atoms with Crippen LogP contribution < -0.4 is 5.32 Å². The summed E-state index contributed by atoms with van der Waals surface area (Å²) in [7, 11) is 0. The van der Waals surface area contributed by atoms with Crippen LogP contribution in [0.25, 0.3) is 0 Å². The first-order valence-corrected chi connectivity index (χ1v) is 7.29. The van der Waals surface area contributed by atoms with Crippen LogP contribution in [-0.4, -0.2) is 27.5 Å². The van der Waals surface area contributed by atoms with E-state index in [1.54, 1.807) is 10.9 Å². The molecule has 4 nitrogen and oxygen atoms in total. The molecule has 2 rings (SSSR count). The van der Waals surface area contributed by atoms with Crippen molar-refractivity contribution in [3.8, 4) is 0 Å². The summed E-state index contributed by atoms with van der Waals surface area (Å²) in [5, 5.41) is 17.7. The highest BCUT2D eigenvalue weighted by Crippen LogP contribution is 2.31. The molecule has 1 aromatic carbocycles. The van der Waals surface area contributed by atoms with Crippen LogP contribution in [0, 0.1) is 0 Å². The third-order valence-corrected chi connectivity index (χ3v) is 3.63. The maximum absolute atomic E-state index is 12.8. The van der Waals surface area contributed by atoms with Gasteiger partial charge in [-0.2, -0.15) is 18.3 Å². The van der Waals surface area contributed by atoms with Crippen LogP contribution in [0.2, 0.25) is 0 Å². The van der Waals surface area contributed by atoms with Gasteiger partial charge in [-0.25, -0.2) is 0 Å². The van der Waals surface area contributed by atoms with Gasteiger partial charge in [0.1, 0.15) is 0 Å². The number of alkyl halides is 3. The Hall–Kier alpha value is -1.86. The summed E-state index contributed by atoms with van der Waals surface area (Å²) in [5.74, 6) is 0. The molecule has 2 N–H and O–H groups in total. The Bertz CT molecular complexity index is 624. The zero-order valence-electron chi connectivity index (χ0n) is 13.0. The molecule has 2 aromatic rings. The van der Waals surface area contributed by atoms with Gasteiger partial charge in [-0.05, 0) is 37.6 Å². The number of rotatable bonds is 6.